The lowest BCUT2D eigenvalue weighted by Crippen LogP contribution is -2.44. The molecular formula is C30H31N3O8P2S. The second-order valence-corrected chi connectivity index (χ2v) is 15.5. The minimum atomic E-state index is -1.91. The Bertz CT molecular complexity index is 1830. The summed E-state index contributed by atoms with van der Waals surface area (Å²) < 4.78 is 12.4. The monoisotopic (exact) mass is 655 g/mol. The quantitative estimate of drug-likeness (QED) is 0.130. The summed E-state index contributed by atoms with van der Waals surface area (Å²) >= 11 is 1.37. The van der Waals surface area contributed by atoms with Crippen molar-refractivity contribution in [3.8, 4) is 17.1 Å². The first-order chi connectivity index (χ1) is 21.0. The zero-order valence-electron chi connectivity index (χ0n) is 24.1. The number of imide groups is 1. The van der Waals surface area contributed by atoms with E-state index in [1.807, 2.05) is 6.92 Å². The van der Waals surface area contributed by atoms with E-state index in [0.717, 1.165) is 21.4 Å². The maximum atomic E-state index is 13.5. The van der Waals surface area contributed by atoms with E-state index in [9.17, 15) is 29.1 Å². The number of aliphatic hydroxyl groups is 1. The van der Waals surface area contributed by atoms with Crippen LogP contribution in [0.25, 0.3) is 22.3 Å². The number of hydrogen-bond acceptors (Lipinski definition) is 10. The molecule has 230 valence electrons. The number of carbonyl (C=O) groups is 4. The SMILES string of the molecule is CCc1c2c(nc3ccc(OC(=O)CCN4C(=O)CC(SC(P)P)C4=O)cc13)-c1cc3c(c(=O)n1C2)COC(=O)[C@]3(O)CC. The number of benzene rings is 1. The highest BCUT2D eigenvalue weighted by atomic mass is 32.2. The number of aryl methyl sites for hydroxylation is 1. The normalized spacial score (nSPS) is 20.6. The van der Waals surface area contributed by atoms with Crippen molar-refractivity contribution in [1.29, 1.82) is 0 Å². The first-order valence-corrected chi connectivity index (χ1v) is 16.6. The van der Waals surface area contributed by atoms with Crippen LogP contribution in [0.4, 0.5) is 0 Å². The first-order valence-electron chi connectivity index (χ1n) is 14.3. The molecule has 0 bridgehead atoms. The molecule has 3 aliphatic rings. The molecule has 1 N–H and O–H groups in total. The van der Waals surface area contributed by atoms with Crippen LogP contribution in [0.3, 0.4) is 0 Å². The van der Waals surface area contributed by atoms with Crippen molar-refractivity contribution in [1.82, 2.24) is 14.5 Å². The van der Waals surface area contributed by atoms with Crippen molar-refractivity contribution in [2.45, 2.75) is 68.3 Å². The third-order valence-electron chi connectivity index (χ3n) is 8.43. The number of fused-ring (bicyclic) bond motifs is 5. The highest BCUT2D eigenvalue weighted by Gasteiger charge is 2.45. The van der Waals surface area contributed by atoms with E-state index >= 15 is 0 Å². The Morgan fingerprint density at radius 2 is 1.98 bits per heavy atom. The fourth-order valence-electron chi connectivity index (χ4n) is 6.18. The number of hydrogen-bond donors (Lipinski definition) is 1. The van der Waals surface area contributed by atoms with E-state index in [1.54, 1.807) is 35.8 Å². The summed E-state index contributed by atoms with van der Waals surface area (Å²) in [6.45, 7) is 3.66. The van der Waals surface area contributed by atoms with Crippen LogP contribution in [0, 0.1) is 0 Å². The van der Waals surface area contributed by atoms with Gasteiger partial charge in [0.15, 0.2) is 5.60 Å². The molecule has 0 aliphatic carbocycles. The standard InChI is InChI=1S/C30H31N3O8P2S/c1-3-15-16-9-14(41-24(35)7-8-32-23(34)11-22(27(32)37)44-29(42)43)5-6-20(16)31-25-17(15)12-33-21(25)10-19-18(26(33)36)13-40-28(38)30(19,39)4-2/h5-6,9-10,22,29,39H,3-4,7-8,11-13,42-43H2,1-2H3/t22?,30-/m0/s1. The van der Waals surface area contributed by atoms with Gasteiger partial charge in [0.05, 0.1) is 40.7 Å². The summed E-state index contributed by atoms with van der Waals surface area (Å²) in [7, 11) is 5.13. The molecule has 0 spiro atoms. The Morgan fingerprint density at radius 1 is 1.20 bits per heavy atom. The molecule has 2 amide bonds. The topological polar surface area (TPSA) is 145 Å². The Hall–Kier alpha value is -3.17. The van der Waals surface area contributed by atoms with Gasteiger partial charge in [-0.2, -0.15) is 0 Å². The number of pyridine rings is 2. The third-order valence-corrected chi connectivity index (χ3v) is 10.4. The zero-order chi connectivity index (χ0) is 31.5. The van der Waals surface area contributed by atoms with Gasteiger partial charge in [0.1, 0.15) is 12.4 Å². The highest BCUT2D eigenvalue weighted by molar-refractivity contribution is 8.08. The maximum Gasteiger partial charge on any atom is 0.343 e. The molecule has 2 aromatic heterocycles. The summed E-state index contributed by atoms with van der Waals surface area (Å²) in [6, 6.07) is 6.76. The van der Waals surface area contributed by atoms with Crippen LogP contribution in [0.15, 0.2) is 29.1 Å². The number of rotatable bonds is 8. The van der Waals surface area contributed by atoms with Crippen LogP contribution in [0.1, 0.15) is 55.4 Å². The van der Waals surface area contributed by atoms with Crippen LogP contribution < -0.4 is 10.3 Å². The minimum Gasteiger partial charge on any atom is -0.458 e. The molecule has 0 saturated carbocycles. The molecule has 1 fully saturated rings. The van der Waals surface area contributed by atoms with E-state index in [4.69, 9.17) is 14.5 Å². The molecule has 1 aromatic carbocycles. The Morgan fingerprint density at radius 3 is 2.68 bits per heavy atom. The van der Waals surface area contributed by atoms with Gasteiger partial charge >= 0.3 is 11.9 Å². The Kier molecular flexibility index (Phi) is 8.16. The van der Waals surface area contributed by atoms with E-state index in [0.29, 0.717) is 29.1 Å². The lowest BCUT2D eigenvalue weighted by molar-refractivity contribution is -0.172. The van der Waals surface area contributed by atoms with Crippen molar-refractivity contribution in [3.05, 3.63) is 56.9 Å². The van der Waals surface area contributed by atoms with Crippen LogP contribution in [-0.4, -0.2) is 59.8 Å². The molecule has 14 heteroatoms. The van der Waals surface area contributed by atoms with E-state index in [1.165, 1.54) is 11.8 Å². The zero-order valence-corrected chi connectivity index (χ0v) is 27.2. The van der Waals surface area contributed by atoms with Crippen molar-refractivity contribution in [2.75, 3.05) is 6.54 Å². The number of esters is 2. The largest absolute Gasteiger partial charge is 0.458 e. The van der Waals surface area contributed by atoms with E-state index in [2.05, 4.69) is 18.5 Å². The molecular weight excluding hydrogens is 624 g/mol. The Labute approximate surface area is 261 Å². The van der Waals surface area contributed by atoms with Crippen LogP contribution in [0.5, 0.6) is 5.75 Å². The molecule has 3 unspecified atom stereocenters. The lowest BCUT2D eigenvalue weighted by atomic mass is 9.86. The van der Waals surface area contributed by atoms with Crippen molar-refractivity contribution in [3.63, 3.8) is 0 Å². The molecule has 0 radical (unpaired) electrons. The molecule has 6 rings (SSSR count). The van der Waals surface area contributed by atoms with Gasteiger partial charge in [0.25, 0.3) is 5.56 Å². The summed E-state index contributed by atoms with van der Waals surface area (Å²) in [5.41, 5.74) is 1.79. The van der Waals surface area contributed by atoms with Crippen molar-refractivity contribution >= 4 is 64.9 Å². The first kappa shape index (κ1) is 30.8. The number of cyclic esters (lactones) is 1. The van der Waals surface area contributed by atoms with Gasteiger partial charge in [-0.05, 0) is 42.7 Å². The predicted molar refractivity (Wildman–Crippen MR) is 170 cm³/mol. The fraction of sp³-hybridized carbons (Fsp3) is 0.400. The van der Waals surface area contributed by atoms with Gasteiger partial charge in [0, 0.05) is 34.2 Å². The molecule has 4 atom stereocenters. The summed E-state index contributed by atoms with van der Waals surface area (Å²) in [4.78, 5) is 69.7. The Balaban J connectivity index is 1.27. The smallest absolute Gasteiger partial charge is 0.343 e. The fourth-order valence-corrected chi connectivity index (χ4v) is 8.18. The number of carbonyl (C=O) groups excluding carboxylic acids is 4. The molecule has 3 aromatic rings. The van der Waals surface area contributed by atoms with Crippen LogP contribution >= 0.6 is 30.2 Å². The van der Waals surface area contributed by atoms with E-state index in [-0.39, 0.29) is 72.2 Å². The van der Waals surface area contributed by atoms with Gasteiger partial charge in [0.2, 0.25) is 11.8 Å². The highest BCUT2D eigenvalue weighted by Crippen LogP contribution is 2.41. The number of ether oxygens (including phenoxy) is 2. The van der Waals surface area contributed by atoms with Gasteiger partial charge in [-0.1, -0.05) is 13.8 Å². The summed E-state index contributed by atoms with van der Waals surface area (Å²) in [6.07, 6.45) is 0.639. The van der Waals surface area contributed by atoms with Crippen LogP contribution in [0.2, 0.25) is 0 Å². The molecule has 5 heterocycles. The van der Waals surface area contributed by atoms with Crippen molar-refractivity contribution < 1.29 is 33.8 Å². The summed E-state index contributed by atoms with van der Waals surface area (Å²) in [5.74, 6) is -1.64. The molecule has 11 nitrogen and oxygen atoms in total. The molecule has 3 aliphatic heterocycles. The third kappa shape index (κ3) is 5.06. The minimum absolute atomic E-state index is 0.0417. The number of likely N-dealkylation sites (tertiary alicyclic amines) is 1. The average molecular weight is 656 g/mol. The number of thioether (sulfide) groups is 1. The number of amides is 2. The second kappa shape index (κ2) is 11.6. The maximum absolute atomic E-state index is 13.5. The van der Waals surface area contributed by atoms with Crippen LogP contribution in [-0.2, 0) is 49.1 Å². The molecule has 1 saturated heterocycles. The van der Waals surface area contributed by atoms with Gasteiger partial charge in [-0.15, -0.1) is 30.2 Å². The van der Waals surface area contributed by atoms with Gasteiger partial charge in [-0.3, -0.25) is 24.1 Å². The lowest BCUT2D eigenvalue weighted by Gasteiger charge is -2.31. The predicted octanol–water partition coefficient (Wildman–Crippen LogP) is 2.83. The van der Waals surface area contributed by atoms with Crippen molar-refractivity contribution in [2.24, 2.45) is 0 Å². The van der Waals surface area contributed by atoms with E-state index < -0.39 is 22.8 Å². The number of nitrogens with zero attached hydrogens (tertiary/aromatic N) is 3. The van der Waals surface area contributed by atoms with Gasteiger partial charge in [-0.25, -0.2) is 9.78 Å². The average Bonchev–Trinajstić information content (AvgIpc) is 3.48. The second-order valence-electron chi connectivity index (χ2n) is 11.0. The number of aromatic nitrogens is 2. The molecule has 44 heavy (non-hydrogen) atoms. The summed E-state index contributed by atoms with van der Waals surface area (Å²) in [5, 5.41) is 11.4. The van der Waals surface area contributed by atoms with Gasteiger partial charge < -0.3 is 19.1 Å².